The van der Waals surface area contributed by atoms with Crippen LogP contribution in [0.3, 0.4) is 0 Å². The van der Waals surface area contributed by atoms with Gasteiger partial charge in [0.05, 0.1) is 11.9 Å². The topological polar surface area (TPSA) is 93.4 Å². The highest BCUT2D eigenvalue weighted by atomic mass is 16.5. The molecule has 0 aliphatic heterocycles. The average Bonchev–Trinajstić information content (AvgIpc) is 3.36. The highest BCUT2D eigenvalue weighted by molar-refractivity contribution is 5.76. The predicted molar refractivity (Wildman–Crippen MR) is 139 cm³/mol. The molecule has 4 rings (SSSR count). The number of hydrogen-bond donors (Lipinski definition) is 1. The van der Waals surface area contributed by atoms with Crippen molar-refractivity contribution in [3.05, 3.63) is 96.1 Å². The Hall–Kier alpha value is -4.20. The Balaban J connectivity index is 1.48. The number of rotatable bonds is 11. The Morgan fingerprint density at radius 2 is 1.67 bits per heavy atom. The summed E-state index contributed by atoms with van der Waals surface area (Å²) in [6.07, 6.45) is 9.29. The monoisotopic (exact) mass is 485 g/mol. The van der Waals surface area contributed by atoms with Gasteiger partial charge in [0, 0.05) is 37.2 Å². The van der Waals surface area contributed by atoms with E-state index >= 15 is 0 Å². The summed E-state index contributed by atoms with van der Waals surface area (Å²) in [5, 5.41) is 13.8. The number of para-hydroxylation sites is 1. The van der Waals surface area contributed by atoms with Gasteiger partial charge in [-0.1, -0.05) is 37.3 Å². The summed E-state index contributed by atoms with van der Waals surface area (Å²) in [4.78, 5) is 22.7. The van der Waals surface area contributed by atoms with E-state index in [2.05, 4.69) is 26.9 Å². The van der Waals surface area contributed by atoms with Crippen LogP contribution < -0.4 is 9.64 Å². The smallest absolute Gasteiger partial charge is 0.347 e. The predicted octanol–water partition coefficient (Wildman–Crippen LogP) is 4.72. The van der Waals surface area contributed by atoms with Crippen LogP contribution in [0.15, 0.2) is 79.4 Å². The first kappa shape index (κ1) is 24.9. The number of hydrogen-bond acceptors (Lipinski definition) is 6. The highest BCUT2D eigenvalue weighted by Gasteiger charge is 2.29. The summed E-state index contributed by atoms with van der Waals surface area (Å²) in [7, 11) is 0. The zero-order valence-corrected chi connectivity index (χ0v) is 20.8. The number of carbonyl (C=O) groups is 1. The SMILES string of the molecule is CCc1cnc(N(CCc2ccc(OC(C)(C)C(=O)O)cc2)Cc2cnn(-c3ccccc3)c2)nc1. The van der Waals surface area contributed by atoms with Crippen molar-refractivity contribution in [3.8, 4) is 11.4 Å². The molecule has 0 atom stereocenters. The molecule has 2 heterocycles. The number of anilines is 1. The molecule has 0 aliphatic carbocycles. The van der Waals surface area contributed by atoms with E-state index in [1.165, 1.54) is 13.8 Å². The maximum Gasteiger partial charge on any atom is 0.347 e. The zero-order chi connectivity index (χ0) is 25.5. The third kappa shape index (κ3) is 6.27. The van der Waals surface area contributed by atoms with E-state index in [4.69, 9.17) is 4.74 Å². The largest absolute Gasteiger partial charge is 0.478 e. The molecule has 0 radical (unpaired) electrons. The van der Waals surface area contributed by atoms with E-state index in [9.17, 15) is 9.90 Å². The number of nitrogens with zero attached hydrogens (tertiary/aromatic N) is 5. The van der Waals surface area contributed by atoms with Crippen LogP contribution in [0, 0.1) is 0 Å². The lowest BCUT2D eigenvalue weighted by Crippen LogP contribution is -2.37. The number of benzene rings is 2. The highest BCUT2D eigenvalue weighted by Crippen LogP contribution is 2.21. The molecule has 2 aromatic carbocycles. The first-order valence-corrected chi connectivity index (χ1v) is 12.0. The van der Waals surface area contributed by atoms with Gasteiger partial charge in [-0.25, -0.2) is 19.4 Å². The second-order valence-corrected chi connectivity index (χ2v) is 9.11. The minimum absolute atomic E-state index is 0.523. The fraction of sp³-hybridized carbons (Fsp3) is 0.286. The maximum atomic E-state index is 11.3. The van der Waals surface area contributed by atoms with Gasteiger partial charge in [-0.3, -0.25) is 0 Å². The van der Waals surface area contributed by atoms with Crippen LogP contribution in [0.2, 0.25) is 0 Å². The lowest BCUT2D eigenvalue weighted by atomic mass is 10.1. The van der Waals surface area contributed by atoms with Crippen molar-refractivity contribution >= 4 is 11.9 Å². The standard InChI is InChI=1S/C28H31N5O3/c1-4-21-16-29-27(30-17-21)32(19-23-18-31-33(20-23)24-8-6-5-7-9-24)15-14-22-10-12-25(13-11-22)36-28(2,3)26(34)35/h5-13,16-18,20H,4,14-15,19H2,1-3H3,(H,34,35). The number of carboxylic acids is 1. The van der Waals surface area contributed by atoms with Crippen LogP contribution in [-0.4, -0.2) is 43.0 Å². The molecule has 0 saturated carbocycles. The van der Waals surface area contributed by atoms with Gasteiger partial charge in [0.15, 0.2) is 5.60 Å². The molecule has 0 saturated heterocycles. The third-order valence-electron chi connectivity index (χ3n) is 5.89. The molecule has 36 heavy (non-hydrogen) atoms. The molecule has 8 heteroatoms. The van der Waals surface area contributed by atoms with Gasteiger partial charge in [-0.15, -0.1) is 0 Å². The molecule has 4 aromatic rings. The second-order valence-electron chi connectivity index (χ2n) is 9.11. The lowest BCUT2D eigenvalue weighted by molar-refractivity contribution is -0.152. The number of aromatic nitrogens is 4. The molecule has 0 amide bonds. The van der Waals surface area contributed by atoms with E-state index in [0.29, 0.717) is 24.8 Å². The van der Waals surface area contributed by atoms with Crippen LogP contribution in [0.25, 0.3) is 5.69 Å². The molecule has 0 aliphatic rings. The maximum absolute atomic E-state index is 11.3. The van der Waals surface area contributed by atoms with Crippen molar-refractivity contribution in [2.24, 2.45) is 0 Å². The molecule has 0 spiro atoms. The molecule has 8 nitrogen and oxygen atoms in total. The average molecular weight is 486 g/mol. The number of carboxylic acid groups (broad SMARTS) is 1. The van der Waals surface area contributed by atoms with Gasteiger partial charge in [-0.05, 0) is 62.1 Å². The van der Waals surface area contributed by atoms with Crippen LogP contribution in [0.5, 0.6) is 5.75 Å². The number of aryl methyl sites for hydroxylation is 1. The lowest BCUT2D eigenvalue weighted by Gasteiger charge is -2.23. The quantitative estimate of drug-likeness (QED) is 0.329. The fourth-order valence-corrected chi connectivity index (χ4v) is 3.65. The summed E-state index contributed by atoms with van der Waals surface area (Å²) in [6.45, 7) is 6.46. The molecule has 0 unspecified atom stereocenters. The van der Waals surface area contributed by atoms with Crippen molar-refractivity contribution in [1.29, 1.82) is 0 Å². The minimum atomic E-state index is -1.29. The molecular weight excluding hydrogens is 454 g/mol. The van der Waals surface area contributed by atoms with Gasteiger partial charge in [0.25, 0.3) is 0 Å². The van der Waals surface area contributed by atoms with Crippen molar-refractivity contribution in [3.63, 3.8) is 0 Å². The van der Waals surface area contributed by atoms with Crippen molar-refractivity contribution in [2.75, 3.05) is 11.4 Å². The van der Waals surface area contributed by atoms with Gasteiger partial charge in [0.1, 0.15) is 5.75 Å². The van der Waals surface area contributed by atoms with Crippen molar-refractivity contribution < 1.29 is 14.6 Å². The summed E-state index contributed by atoms with van der Waals surface area (Å²) >= 11 is 0. The number of aliphatic carboxylic acids is 1. The Morgan fingerprint density at radius 1 is 0.972 bits per heavy atom. The van der Waals surface area contributed by atoms with Gasteiger partial charge in [0.2, 0.25) is 5.95 Å². The summed E-state index contributed by atoms with van der Waals surface area (Å²) in [5.41, 5.74) is 2.97. The summed E-state index contributed by atoms with van der Waals surface area (Å²) in [6, 6.07) is 17.5. The van der Waals surface area contributed by atoms with E-state index in [-0.39, 0.29) is 0 Å². The Bertz CT molecular complexity index is 1270. The second kappa shape index (κ2) is 11.0. The van der Waals surface area contributed by atoms with Crippen molar-refractivity contribution in [2.45, 2.75) is 45.8 Å². The van der Waals surface area contributed by atoms with Crippen LogP contribution in [0.4, 0.5) is 5.95 Å². The fourth-order valence-electron chi connectivity index (χ4n) is 3.65. The van der Waals surface area contributed by atoms with Gasteiger partial charge < -0.3 is 14.7 Å². The summed E-state index contributed by atoms with van der Waals surface area (Å²) < 4.78 is 7.48. The van der Waals surface area contributed by atoms with E-state index in [1.54, 1.807) is 12.1 Å². The molecule has 186 valence electrons. The van der Waals surface area contributed by atoms with Crippen LogP contribution >= 0.6 is 0 Å². The van der Waals surface area contributed by atoms with Gasteiger partial charge >= 0.3 is 5.97 Å². The van der Waals surface area contributed by atoms with Gasteiger partial charge in [-0.2, -0.15) is 5.10 Å². The van der Waals surface area contributed by atoms with E-state index in [0.717, 1.165) is 35.2 Å². The summed E-state index contributed by atoms with van der Waals surface area (Å²) in [5.74, 6) is 0.185. The minimum Gasteiger partial charge on any atom is -0.478 e. The molecule has 0 fully saturated rings. The van der Waals surface area contributed by atoms with Crippen LogP contribution in [0.1, 0.15) is 37.5 Å². The Kier molecular flexibility index (Phi) is 7.63. The van der Waals surface area contributed by atoms with E-state index < -0.39 is 11.6 Å². The Morgan fingerprint density at radius 3 is 2.31 bits per heavy atom. The van der Waals surface area contributed by atoms with Crippen molar-refractivity contribution in [1.82, 2.24) is 19.7 Å². The molecular formula is C28H31N5O3. The Labute approximate surface area is 211 Å². The third-order valence-corrected chi connectivity index (χ3v) is 5.89. The first-order valence-electron chi connectivity index (χ1n) is 12.0. The van der Waals surface area contributed by atoms with E-state index in [1.807, 2.05) is 71.9 Å². The molecule has 1 N–H and O–H groups in total. The normalized spacial score (nSPS) is 11.3. The number of ether oxygens (including phenoxy) is 1. The molecule has 2 aromatic heterocycles. The molecule has 0 bridgehead atoms. The zero-order valence-electron chi connectivity index (χ0n) is 20.8. The van der Waals surface area contributed by atoms with Crippen LogP contribution in [-0.2, 0) is 24.2 Å². The first-order chi connectivity index (χ1) is 17.3.